The molecule has 10 heavy (non-hydrogen) atoms. The topological polar surface area (TPSA) is 29.4 Å². The van der Waals surface area contributed by atoms with Gasteiger partial charge in [-0.05, 0) is 13.1 Å². The van der Waals surface area contributed by atoms with Gasteiger partial charge in [-0.15, -0.1) is 0 Å². The van der Waals surface area contributed by atoms with Crippen molar-refractivity contribution in [2.45, 2.75) is 19.8 Å². The smallest absolute Gasteiger partial charge is 0.169 e. The van der Waals surface area contributed by atoms with Crippen LogP contribution in [0.25, 0.3) is 0 Å². The quantitative estimate of drug-likeness (QED) is 0.392. The molecule has 0 rings (SSSR count). The van der Waals surface area contributed by atoms with Crippen LogP contribution in [0.3, 0.4) is 0 Å². The second-order valence-corrected chi connectivity index (χ2v) is 2.77. The molecule has 0 saturated heterocycles. The van der Waals surface area contributed by atoms with Crippen molar-refractivity contribution >= 4 is 28.9 Å². The first-order valence-corrected chi connectivity index (χ1v) is 3.86. The molecule has 0 aliphatic heterocycles. The highest BCUT2D eigenvalue weighted by Crippen LogP contribution is 2.16. The molecule has 3 heteroatoms. The number of aliphatic imine (C=N–C) groups is 1. The molecule has 0 fully saturated rings. The van der Waals surface area contributed by atoms with Crippen LogP contribution in [0.4, 0.5) is 0 Å². The molecule has 56 valence electrons. The van der Waals surface area contributed by atoms with E-state index in [1.165, 1.54) is 0 Å². The van der Waals surface area contributed by atoms with Gasteiger partial charge >= 0.3 is 0 Å². The van der Waals surface area contributed by atoms with Gasteiger partial charge in [0.2, 0.25) is 0 Å². The first-order chi connectivity index (χ1) is 4.76. The standard InChI is InChI=1S/C7H10BrNO/c1-3-4-6(8)7(5-10)9-2/h5H,2-4H2,1H3/b7-6+. The van der Waals surface area contributed by atoms with Crippen LogP contribution in [0.1, 0.15) is 19.8 Å². The van der Waals surface area contributed by atoms with Crippen molar-refractivity contribution in [3.8, 4) is 0 Å². The van der Waals surface area contributed by atoms with Crippen molar-refractivity contribution in [3.05, 3.63) is 10.2 Å². The van der Waals surface area contributed by atoms with Crippen LogP contribution >= 0.6 is 15.9 Å². The molecule has 0 saturated carbocycles. The summed E-state index contributed by atoms with van der Waals surface area (Å²) in [5.74, 6) is 0. The van der Waals surface area contributed by atoms with Crippen LogP contribution in [0.5, 0.6) is 0 Å². The van der Waals surface area contributed by atoms with E-state index in [0.717, 1.165) is 17.3 Å². The average Bonchev–Trinajstić information content (AvgIpc) is 1.91. The van der Waals surface area contributed by atoms with E-state index >= 15 is 0 Å². The largest absolute Gasteiger partial charge is 0.296 e. The van der Waals surface area contributed by atoms with Gasteiger partial charge < -0.3 is 0 Å². The Morgan fingerprint density at radius 1 is 1.80 bits per heavy atom. The monoisotopic (exact) mass is 203 g/mol. The fraction of sp³-hybridized carbons (Fsp3) is 0.429. The molecule has 0 aliphatic rings. The predicted octanol–water partition coefficient (Wildman–Crippen LogP) is 2.29. The Morgan fingerprint density at radius 2 is 2.40 bits per heavy atom. The molecule has 0 amide bonds. The van der Waals surface area contributed by atoms with Crippen LogP contribution in [0.15, 0.2) is 15.2 Å². The lowest BCUT2D eigenvalue weighted by Crippen LogP contribution is -1.83. The molecule has 0 radical (unpaired) electrons. The number of hydrogen-bond acceptors (Lipinski definition) is 2. The summed E-state index contributed by atoms with van der Waals surface area (Å²) in [5.41, 5.74) is 0.404. The Hall–Kier alpha value is -0.440. The molecule has 0 bridgehead atoms. The van der Waals surface area contributed by atoms with E-state index < -0.39 is 0 Å². The third-order valence-corrected chi connectivity index (χ3v) is 1.83. The van der Waals surface area contributed by atoms with Crippen molar-refractivity contribution in [2.24, 2.45) is 4.99 Å². The number of halogens is 1. The molecule has 0 unspecified atom stereocenters. The first kappa shape index (κ1) is 9.56. The van der Waals surface area contributed by atoms with Crippen LogP contribution in [0, 0.1) is 0 Å². The van der Waals surface area contributed by atoms with Crippen LogP contribution < -0.4 is 0 Å². The van der Waals surface area contributed by atoms with E-state index in [-0.39, 0.29) is 0 Å². The lowest BCUT2D eigenvalue weighted by molar-refractivity contribution is -0.104. The summed E-state index contributed by atoms with van der Waals surface area (Å²) in [4.78, 5) is 13.8. The van der Waals surface area contributed by atoms with Gasteiger partial charge in [-0.25, -0.2) is 0 Å². The lowest BCUT2D eigenvalue weighted by atomic mass is 10.3. The maximum Gasteiger partial charge on any atom is 0.169 e. The van der Waals surface area contributed by atoms with Gasteiger partial charge in [0.15, 0.2) is 6.29 Å². The molecular formula is C7H10BrNO. The van der Waals surface area contributed by atoms with E-state index in [2.05, 4.69) is 27.6 Å². The molecule has 0 atom stereocenters. The molecule has 0 spiro atoms. The number of nitrogens with zero attached hydrogens (tertiary/aromatic N) is 1. The van der Waals surface area contributed by atoms with E-state index in [0.29, 0.717) is 12.0 Å². The van der Waals surface area contributed by atoms with E-state index in [4.69, 9.17) is 0 Å². The summed E-state index contributed by atoms with van der Waals surface area (Å²) in [6.07, 6.45) is 2.54. The molecule has 0 aromatic rings. The second-order valence-electron chi connectivity index (χ2n) is 1.82. The summed E-state index contributed by atoms with van der Waals surface area (Å²) in [7, 11) is 0. The zero-order chi connectivity index (χ0) is 7.98. The number of hydrogen-bond donors (Lipinski definition) is 0. The normalized spacial score (nSPS) is 12.2. The minimum Gasteiger partial charge on any atom is -0.296 e. The number of rotatable bonds is 4. The minimum absolute atomic E-state index is 0.404. The molecular weight excluding hydrogens is 194 g/mol. The fourth-order valence-electron chi connectivity index (χ4n) is 0.535. The Kier molecular flexibility index (Phi) is 5.12. The molecule has 0 aromatic carbocycles. The van der Waals surface area contributed by atoms with Gasteiger partial charge in [0.05, 0.1) is 0 Å². The summed E-state index contributed by atoms with van der Waals surface area (Å²) < 4.78 is 0.833. The first-order valence-electron chi connectivity index (χ1n) is 3.06. The highest BCUT2D eigenvalue weighted by molar-refractivity contribution is 9.11. The van der Waals surface area contributed by atoms with E-state index in [1.807, 2.05) is 6.92 Å². The zero-order valence-electron chi connectivity index (χ0n) is 5.93. The maximum absolute atomic E-state index is 10.2. The highest BCUT2D eigenvalue weighted by atomic mass is 79.9. The van der Waals surface area contributed by atoms with Gasteiger partial charge in [0, 0.05) is 4.48 Å². The summed E-state index contributed by atoms with van der Waals surface area (Å²) >= 11 is 3.24. The second kappa shape index (κ2) is 5.35. The molecule has 0 aliphatic carbocycles. The van der Waals surface area contributed by atoms with E-state index in [9.17, 15) is 4.79 Å². The zero-order valence-corrected chi connectivity index (χ0v) is 7.52. The SMILES string of the molecule is C=N/C(C=O)=C(/Br)CCC. The number of allylic oxidation sites excluding steroid dienone is 2. The Bertz CT molecular complexity index is 153. The van der Waals surface area contributed by atoms with Crippen molar-refractivity contribution in [2.75, 3.05) is 0 Å². The Morgan fingerprint density at radius 3 is 2.70 bits per heavy atom. The van der Waals surface area contributed by atoms with Gasteiger partial charge in [0.1, 0.15) is 5.70 Å². The average molecular weight is 204 g/mol. The fourth-order valence-corrected chi connectivity index (χ4v) is 1.15. The van der Waals surface area contributed by atoms with Crippen LogP contribution in [0.2, 0.25) is 0 Å². The highest BCUT2D eigenvalue weighted by Gasteiger charge is 1.97. The molecule has 0 N–H and O–H groups in total. The lowest BCUT2D eigenvalue weighted by Gasteiger charge is -1.95. The summed E-state index contributed by atoms with van der Waals surface area (Å²) in [6.45, 7) is 5.30. The van der Waals surface area contributed by atoms with Crippen LogP contribution in [-0.2, 0) is 4.79 Å². The third-order valence-electron chi connectivity index (χ3n) is 1.03. The summed E-state index contributed by atoms with van der Waals surface area (Å²) in [5, 5.41) is 0. The minimum atomic E-state index is 0.404. The van der Waals surface area contributed by atoms with Gasteiger partial charge in [-0.1, -0.05) is 29.3 Å². The Balaban J connectivity index is 4.26. The third kappa shape index (κ3) is 2.92. The Labute approximate surface area is 69.2 Å². The maximum atomic E-state index is 10.2. The predicted molar refractivity (Wildman–Crippen MR) is 46.5 cm³/mol. The van der Waals surface area contributed by atoms with Crippen molar-refractivity contribution in [1.29, 1.82) is 0 Å². The summed E-state index contributed by atoms with van der Waals surface area (Å²) in [6, 6.07) is 0. The molecule has 2 nitrogen and oxygen atoms in total. The van der Waals surface area contributed by atoms with E-state index in [1.54, 1.807) is 0 Å². The van der Waals surface area contributed by atoms with Gasteiger partial charge in [0.25, 0.3) is 0 Å². The van der Waals surface area contributed by atoms with Crippen LogP contribution in [-0.4, -0.2) is 13.0 Å². The van der Waals surface area contributed by atoms with Gasteiger partial charge in [-0.2, -0.15) is 0 Å². The number of carbonyl (C=O) groups is 1. The van der Waals surface area contributed by atoms with Crippen molar-refractivity contribution < 1.29 is 4.79 Å². The molecule has 0 heterocycles. The van der Waals surface area contributed by atoms with Crippen molar-refractivity contribution in [1.82, 2.24) is 0 Å². The molecule has 0 aromatic heterocycles. The van der Waals surface area contributed by atoms with Gasteiger partial charge in [-0.3, -0.25) is 9.79 Å². The van der Waals surface area contributed by atoms with Crippen molar-refractivity contribution in [3.63, 3.8) is 0 Å². The number of aldehydes is 1. The number of carbonyl (C=O) groups excluding carboxylic acids is 1.